The van der Waals surface area contributed by atoms with Crippen LogP contribution in [0.1, 0.15) is 12.8 Å². The van der Waals surface area contributed by atoms with Gasteiger partial charge in [0.1, 0.15) is 0 Å². The molecule has 0 radical (unpaired) electrons. The lowest BCUT2D eigenvalue weighted by Gasteiger charge is -2.24. The van der Waals surface area contributed by atoms with Crippen molar-refractivity contribution in [2.24, 2.45) is 5.73 Å². The average Bonchev–Trinajstić information content (AvgIpc) is 1.78. The van der Waals surface area contributed by atoms with Gasteiger partial charge in [-0.2, -0.15) is 0 Å². The highest BCUT2D eigenvalue weighted by Gasteiger charge is 2.17. The van der Waals surface area contributed by atoms with Gasteiger partial charge < -0.3 is 10.5 Å². The van der Waals surface area contributed by atoms with Crippen LogP contribution in [0.5, 0.6) is 0 Å². The first-order valence-corrected chi connectivity index (χ1v) is 3.25. The highest BCUT2D eigenvalue weighted by molar-refractivity contribution is 5.15. The summed E-state index contributed by atoms with van der Waals surface area (Å²) < 4.78 is 4.87. The lowest BCUT2D eigenvalue weighted by molar-refractivity contribution is 0.232. The van der Waals surface area contributed by atoms with Crippen molar-refractivity contribution in [2.75, 3.05) is 13.7 Å². The average molecular weight is 127 g/mol. The van der Waals surface area contributed by atoms with Crippen LogP contribution in [0.2, 0.25) is 0 Å². The summed E-state index contributed by atoms with van der Waals surface area (Å²) in [4.78, 5) is 0. The van der Waals surface area contributed by atoms with Crippen molar-refractivity contribution >= 4 is 0 Å². The van der Waals surface area contributed by atoms with E-state index in [1.54, 1.807) is 7.11 Å². The van der Waals surface area contributed by atoms with E-state index in [1.807, 2.05) is 0 Å². The van der Waals surface area contributed by atoms with Crippen LogP contribution in [-0.2, 0) is 4.74 Å². The van der Waals surface area contributed by atoms with Crippen molar-refractivity contribution in [2.45, 2.75) is 18.9 Å². The third kappa shape index (κ3) is 1.80. The largest absolute Gasteiger partial charge is 0.381 e. The first kappa shape index (κ1) is 6.78. The molecule has 2 N–H and O–H groups in total. The van der Waals surface area contributed by atoms with Crippen LogP contribution in [0.4, 0.5) is 0 Å². The van der Waals surface area contributed by atoms with E-state index >= 15 is 0 Å². The quantitative estimate of drug-likeness (QED) is 0.554. The number of rotatable bonds is 2. The molecule has 0 saturated heterocycles. The van der Waals surface area contributed by atoms with E-state index in [4.69, 9.17) is 10.5 Å². The van der Waals surface area contributed by atoms with Crippen LogP contribution in [-0.4, -0.2) is 19.8 Å². The number of ether oxygens (including phenoxy) is 1. The minimum Gasteiger partial charge on any atom is -0.381 e. The molecule has 2 heteroatoms. The maximum Gasteiger partial charge on any atom is 0.0646 e. The predicted octanol–water partition coefficient (Wildman–Crippen LogP) is 0.680. The van der Waals surface area contributed by atoms with Crippen LogP contribution in [0.3, 0.4) is 0 Å². The minimum atomic E-state index is 0.424. The first-order chi connectivity index (χ1) is 4.33. The molecule has 1 fully saturated rings. The fourth-order valence-electron chi connectivity index (χ4n) is 0.982. The van der Waals surface area contributed by atoms with E-state index in [9.17, 15) is 0 Å². The Kier molecular flexibility index (Phi) is 2.25. The van der Waals surface area contributed by atoms with E-state index in [1.165, 1.54) is 5.57 Å². The molecule has 0 bridgehead atoms. The minimum absolute atomic E-state index is 0.424. The zero-order valence-electron chi connectivity index (χ0n) is 5.76. The molecule has 9 heavy (non-hydrogen) atoms. The third-order valence-corrected chi connectivity index (χ3v) is 1.59. The Balaban J connectivity index is 2.14. The van der Waals surface area contributed by atoms with Gasteiger partial charge in [0.25, 0.3) is 0 Å². The van der Waals surface area contributed by atoms with Gasteiger partial charge in [0.05, 0.1) is 6.61 Å². The molecule has 0 aliphatic heterocycles. The summed E-state index contributed by atoms with van der Waals surface area (Å²) >= 11 is 0. The van der Waals surface area contributed by atoms with Crippen molar-refractivity contribution in [3.8, 4) is 0 Å². The van der Waals surface area contributed by atoms with Crippen molar-refractivity contribution in [1.29, 1.82) is 0 Å². The Hall–Kier alpha value is -0.340. The van der Waals surface area contributed by atoms with Gasteiger partial charge in [-0.25, -0.2) is 0 Å². The monoisotopic (exact) mass is 127 g/mol. The second kappa shape index (κ2) is 2.99. The lowest BCUT2D eigenvalue weighted by atomic mass is 9.87. The molecule has 2 nitrogen and oxygen atoms in total. The van der Waals surface area contributed by atoms with Gasteiger partial charge in [0.2, 0.25) is 0 Å². The maximum absolute atomic E-state index is 5.56. The number of nitrogens with two attached hydrogens (primary N) is 1. The molecule has 1 aliphatic rings. The van der Waals surface area contributed by atoms with E-state index in [-0.39, 0.29) is 0 Å². The van der Waals surface area contributed by atoms with Crippen LogP contribution in [0.15, 0.2) is 11.6 Å². The van der Waals surface area contributed by atoms with E-state index in [2.05, 4.69) is 6.08 Å². The fraction of sp³-hybridized carbons (Fsp3) is 0.714. The molecule has 0 atom stereocenters. The summed E-state index contributed by atoms with van der Waals surface area (Å²) in [6.07, 6.45) is 4.26. The highest BCUT2D eigenvalue weighted by atomic mass is 16.5. The normalized spacial score (nSPS) is 25.6. The SMILES string of the molecule is COCC=C1CC(N)C1. The zero-order valence-corrected chi connectivity index (χ0v) is 5.76. The van der Waals surface area contributed by atoms with Gasteiger partial charge in [0, 0.05) is 13.2 Å². The van der Waals surface area contributed by atoms with Crippen molar-refractivity contribution in [1.82, 2.24) is 0 Å². The maximum atomic E-state index is 5.56. The van der Waals surface area contributed by atoms with Gasteiger partial charge >= 0.3 is 0 Å². The fourth-order valence-corrected chi connectivity index (χ4v) is 0.982. The lowest BCUT2D eigenvalue weighted by Crippen LogP contribution is -2.30. The topological polar surface area (TPSA) is 35.2 Å². The molecular formula is C7H13NO. The first-order valence-electron chi connectivity index (χ1n) is 3.25. The van der Waals surface area contributed by atoms with Crippen LogP contribution in [0.25, 0.3) is 0 Å². The molecule has 0 amide bonds. The van der Waals surface area contributed by atoms with E-state index in [0.717, 1.165) is 19.4 Å². The highest BCUT2D eigenvalue weighted by Crippen LogP contribution is 2.23. The standard InChI is InChI=1S/C7H13NO/c1-9-3-2-6-4-7(8)5-6/h2,7H,3-5,8H2,1H3. The molecule has 1 saturated carbocycles. The summed E-state index contributed by atoms with van der Waals surface area (Å²) in [6, 6.07) is 0.424. The molecule has 0 heterocycles. The molecule has 1 rings (SSSR count). The Labute approximate surface area is 55.7 Å². The van der Waals surface area contributed by atoms with Crippen LogP contribution < -0.4 is 5.73 Å². The summed E-state index contributed by atoms with van der Waals surface area (Å²) in [5.74, 6) is 0. The third-order valence-electron chi connectivity index (χ3n) is 1.59. The van der Waals surface area contributed by atoms with Gasteiger partial charge in [-0.1, -0.05) is 11.6 Å². The summed E-state index contributed by atoms with van der Waals surface area (Å²) in [6.45, 7) is 0.738. The zero-order chi connectivity index (χ0) is 6.69. The van der Waals surface area contributed by atoms with E-state index < -0.39 is 0 Å². The molecule has 0 unspecified atom stereocenters. The van der Waals surface area contributed by atoms with Crippen molar-refractivity contribution < 1.29 is 4.74 Å². The van der Waals surface area contributed by atoms with Crippen LogP contribution in [0, 0.1) is 0 Å². The molecule has 0 aromatic heterocycles. The Bertz CT molecular complexity index is 112. The second-order valence-electron chi connectivity index (χ2n) is 2.49. The summed E-state index contributed by atoms with van der Waals surface area (Å²) in [5.41, 5.74) is 7.01. The Morgan fingerprint density at radius 3 is 2.89 bits per heavy atom. The number of hydrogen-bond acceptors (Lipinski definition) is 2. The number of hydrogen-bond donors (Lipinski definition) is 1. The van der Waals surface area contributed by atoms with Crippen molar-refractivity contribution in [3.63, 3.8) is 0 Å². The van der Waals surface area contributed by atoms with Crippen molar-refractivity contribution in [3.05, 3.63) is 11.6 Å². The molecule has 1 aliphatic carbocycles. The summed E-state index contributed by atoms with van der Waals surface area (Å²) in [7, 11) is 1.70. The molecule has 0 spiro atoms. The Morgan fingerprint density at radius 1 is 1.78 bits per heavy atom. The smallest absolute Gasteiger partial charge is 0.0646 e. The molecular weight excluding hydrogens is 114 g/mol. The molecule has 0 aromatic rings. The predicted molar refractivity (Wildman–Crippen MR) is 37.2 cm³/mol. The van der Waals surface area contributed by atoms with Gasteiger partial charge in [0.15, 0.2) is 0 Å². The van der Waals surface area contributed by atoms with Gasteiger partial charge in [-0.05, 0) is 12.8 Å². The summed E-state index contributed by atoms with van der Waals surface area (Å²) in [5, 5.41) is 0. The van der Waals surface area contributed by atoms with E-state index in [0.29, 0.717) is 6.04 Å². The number of methoxy groups -OCH3 is 1. The Morgan fingerprint density at radius 2 is 2.44 bits per heavy atom. The second-order valence-corrected chi connectivity index (χ2v) is 2.49. The molecule has 0 aromatic carbocycles. The van der Waals surface area contributed by atoms with Gasteiger partial charge in [-0.3, -0.25) is 0 Å². The molecule has 52 valence electrons. The van der Waals surface area contributed by atoms with Gasteiger partial charge in [-0.15, -0.1) is 0 Å². The van der Waals surface area contributed by atoms with Crippen LogP contribution >= 0.6 is 0 Å².